The summed E-state index contributed by atoms with van der Waals surface area (Å²) < 4.78 is 0. The minimum Gasteiger partial charge on any atom is -0.249 e. The highest BCUT2D eigenvalue weighted by Crippen LogP contribution is 2.60. The standard InChI is InChI=1S/C13H17NS/c1-9-2-11-3-10(1)5-13(4-9,6-11)12-7-15-8-14-12/h7-11H,1-6H2. The molecule has 4 bridgehead atoms. The molecule has 1 heterocycles. The average Bonchev–Trinajstić information content (AvgIpc) is 2.67. The van der Waals surface area contributed by atoms with Crippen molar-refractivity contribution in [2.45, 2.75) is 43.9 Å². The second-order valence-corrected chi connectivity index (χ2v) is 6.79. The van der Waals surface area contributed by atoms with E-state index in [1.807, 2.05) is 5.51 Å². The summed E-state index contributed by atoms with van der Waals surface area (Å²) in [6, 6.07) is 0. The van der Waals surface area contributed by atoms with Crippen LogP contribution in [0.25, 0.3) is 0 Å². The van der Waals surface area contributed by atoms with Crippen molar-refractivity contribution in [2.75, 3.05) is 0 Å². The van der Waals surface area contributed by atoms with E-state index in [9.17, 15) is 0 Å². The van der Waals surface area contributed by atoms with Crippen molar-refractivity contribution in [3.05, 3.63) is 16.6 Å². The lowest BCUT2D eigenvalue weighted by molar-refractivity contribution is -0.00692. The molecule has 0 N–H and O–H groups in total. The maximum atomic E-state index is 4.62. The Morgan fingerprint density at radius 3 is 2.13 bits per heavy atom. The maximum Gasteiger partial charge on any atom is 0.0794 e. The largest absolute Gasteiger partial charge is 0.249 e. The van der Waals surface area contributed by atoms with E-state index in [-0.39, 0.29) is 0 Å². The molecule has 0 saturated heterocycles. The van der Waals surface area contributed by atoms with Gasteiger partial charge in [0.2, 0.25) is 0 Å². The van der Waals surface area contributed by atoms with Gasteiger partial charge in [-0.05, 0) is 56.3 Å². The highest BCUT2D eigenvalue weighted by atomic mass is 32.1. The Morgan fingerprint density at radius 1 is 1.07 bits per heavy atom. The SMILES string of the molecule is c1nc(C23CC4CC(CC(C4)C2)C3)cs1. The number of hydrogen-bond donors (Lipinski definition) is 0. The lowest BCUT2D eigenvalue weighted by Gasteiger charge is -2.56. The first-order valence-corrected chi connectivity index (χ1v) is 7.17. The van der Waals surface area contributed by atoms with Crippen LogP contribution < -0.4 is 0 Å². The minimum absolute atomic E-state index is 0.523. The molecule has 80 valence electrons. The number of hydrogen-bond acceptors (Lipinski definition) is 2. The van der Waals surface area contributed by atoms with Crippen LogP contribution in [0.4, 0.5) is 0 Å². The molecule has 5 rings (SSSR count). The molecule has 4 aliphatic rings. The highest BCUT2D eigenvalue weighted by Gasteiger charge is 2.52. The predicted octanol–water partition coefficient (Wildman–Crippen LogP) is 3.61. The highest BCUT2D eigenvalue weighted by molar-refractivity contribution is 7.07. The zero-order valence-corrected chi connectivity index (χ0v) is 9.80. The average molecular weight is 219 g/mol. The molecule has 0 aromatic carbocycles. The number of aromatic nitrogens is 1. The van der Waals surface area contributed by atoms with Gasteiger partial charge in [-0.2, -0.15) is 0 Å². The molecule has 15 heavy (non-hydrogen) atoms. The summed E-state index contributed by atoms with van der Waals surface area (Å²) in [5.74, 6) is 3.12. The Labute approximate surface area is 94.9 Å². The van der Waals surface area contributed by atoms with E-state index in [0.29, 0.717) is 5.41 Å². The minimum atomic E-state index is 0.523. The van der Waals surface area contributed by atoms with E-state index in [1.54, 1.807) is 11.3 Å². The summed E-state index contributed by atoms with van der Waals surface area (Å²) in [6.07, 6.45) is 8.93. The molecule has 0 aliphatic heterocycles. The fraction of sp³-hybridized carbons (Fsp3) is 0.769. The summed E-state index contributed by atoms with van der Waals surface area (Å²) in [4.78, 5) is 4.62. The van der Waals surface area contributed by atoms with Crippen molar-refractivity contribution in [1.29, 1.82) is 0 Å². The van der Waals surface area contributed by atoms with E-state index in [0.717, 1.165) is 17.8 Å². The third-order valence-corrected chi connectivity index (χ3v) is 5.60. The number of rotatable bonds is 1. The molecule has 0 amide bonds. The van der Waals surface area contributed by atoms with Crippen molar-refractivity contribution in [3.8, 4) is 0 Å². The van der Waals surface area contributed by atoms with Gasteiger partial charge < -0.3 is 0 Å². The fourth-order valence-electron chi connectivity index (χ4n) is 4.90. The smallest absolute Gasteiger partial charge is 0.0794 e. The van der Waals surface area contributed by atoms with Crippen LogP contribution >= 0.6 is 11.3 Å². The van der Waals surface area contributed by atoms with Gasteiger partial charge in [-0.1, -0.05) is 0 Å². The molecule has 1 nitrogen and oxygen atoms in total. The van der Waals surface area contributed by atoms with Crippen LogP contribution in [0, 0.1) is 17.8 Å². The van der Waals surface area contributed by atoms with Gasteiger partial charge in [-0.3, -0.25) is 0 Å². The van der Waals surface area contributed by atoms with Gasteiger partial charge in [-0.25, -0.2) is 4.98 Å². The maximum absolute atomic E-state index is 4.62. The lowest BCUT2D eigenvalue weighted by Crippen LogP contribution is -2.48. The van der Waals surface area contributed by atoms with Gasteiger partial charge in [0, 0.05) is 10.8 Å². The van der Waals surface area contributed by atoms with Crippen LogP contribution in [0.3, 0.4) is 0 Å². The summed E-state index contributed by atoms with van der Waals surface area (Å²) >= 11 is 1.78. The Bertz CT molecular complexity index is 333. The monoisotopic (exact) mass is 219 g/mol. The molecule has 4 fully saturated rings. The van der Waals surface area contributed by atoms with Crippen molar-refractivity contribution < 1.29 is 0 Å². The molecule has 0 spiro atoms. The third kappa shape index (κ3) is 1.17. The first-order valence-electron chi connectivity index (χ1n) is 6.23. The molecule has 1 aromatic heterocycles. The molecule has 2 heteroatoms. The Hall–Kier alpha value is -0.370. The lowest BCUT2D eigenvalue weighted by atomic mass is 9.49. The van der Waals surface area contributed by atoms with Gasteiger partial charge in [0.15, 0.2) is 0 Å². The van der Waals surface area contributed by atoms with Gasteiger partial charge in [-0.15, -0.1) is 11.3 Å². The topological polar surface area (TPSA) is 12.9 Å². The Balaban J connectivity index is 1.77. The zero-order chi connectivity index (χ0) is 9.88. The van der Waals surface area contributed by atoms with Crippen LogP contribution in [0.2, 0.25) is 0 Å². The molecule has 1 aromatic rings. The molecular weight excluding hydrogens is 202 g/mol. The van der Waals surface area contributed by atoms with Crippen molar-refractivity contribution in [3.63, 3.8) is 0 Å². The van der Waals surface area contributed by atoms with E-state index in [2.05, 4.69) is 10.4 Å². The second kappa shape index (κ2) is 2.85. The van der Waals surface area contributed by atoms with E-state index in [1.165, 1.54) is 44.2 Å². The first-order chi connectivity index (χ1) is 7.34. The molecule has 0 radical (unpaired) electrons. The molecule has 4 saturated carbocycles. The quantitative estimate of drug-likeness (QED) is 0.703. The molecule has 0 atom stereocenters. The van der Waals surface area contributed by atoms with Crippen molar-refractivity contribution >= 4 is 11.3 Å². The Morgan fingerprint density at radius 2 is 1.67 bits per heavy atom. The van der Waals surface area contributed by atoms with Crippen LogP contribution in [0.1, 0.15) is 44.2 Å². The molecule has 0 unspecified atom stereocenters. The van der Waals surface area contributed by atoms with Crippen LogP contribution in [-0.4, -0.2) is 4.98 Å². The number of nitrogens with zero attached hydrogens (tertiary/aromatic N) is 1. The normalized spacial score (nSPS) is 47.3. The van der Waals surface area contributed by atoms with Gasteiger partial charge in [0.05, 0.1) is 11.2 Å². The van der Waals surface area contributed by atoms with Crippen LogP contribution in [0.15, 0.2) is 10.9 Å². The first kappa shape index (κ1) is 8.74. The van der Waals surface area contributed by atoms with Crippen LogP contribution in [0.5, 0.6) is 0 Å². The van der Waals surface area contributed by atoms with Crippen molar-refractivity contribution in [2.24, 2.45) is 17.8 Å². The zero-order valence-electron chi connectivity index (χ0n) is 8.98. The van der Waals surface area contributed by atoms with Gasteiger partial charge in [0.25, 0.3) is 0 Å². The molecule has 4 aliphatic carbocycles. The summed E-state index contributed by atoms with van der Waals surface area (Å²) in [6.45, 7) is 0. The van der Waals surface area contributed by atoms with Crippen LogP contribution in [-0.2, 0) is 5.41 Å². The Kier molecular flexibility index (Phi) is 1.66. The number of thiazole rings is 1. The molecular formula is C13H17NS. The van der Waals surface area contributed by atoms with Gasteiger partial charge >= 0.3 is 0 Å². The van der Waals surface area contributed by atoms with E-state index < -0.39 is 0 Å². The third-order valence-electron chi connectivity index (χ3n) is 5.01. The van der Waals surface area contributed by atoms with Crippen molar-refractivity contribution in [1.82, 2.24) is 4.98 Å². The summed E-state index contributed by atoms with van der Waals surface area (Å²) in [7, 11) is 0. The fourth-order valence-corrected chi connectivity index (χ4v) is 5.57. The second-order valence-electron chi connectivity index (χ2n) is 6.07. The predicted molar refractivity (Wildman–Crippen MR) is 62.0 cm³/mol. The summed E-state index contributed by atoms with van der Waals surface area (Å²) in [5.41, 5.74) is 3.98. The van der Waals surface area contributed by atoms with E-state index >= 15 is 0 Å². The summed E-state index contributed by atoms with van der Waals surface area (Å²) in [5, 5.41) is 2.31. The van der Waals surface area contributed by atoms with Gasteiger partial charge in [0.1, 0.15) is 0 Å². The van der Waals surface area contributed by atoms with E-state index in [4.69, 9.17) is 0 Å².